The number of carbonyl (C=O) groups is 3. The molecule has 0 fully saturated rings. The number of aliphatic carboxylic acids is 1. The summed E-state index contributed by atoms with van der Waals surface area (Å²) in [6, 6.07) is 12.2. The lowest BCUT2D eigenvalue weighted by atomic mass is 9.99. The summed E-state index contributed by atoms with van der Waals surface area (Å²) in [7, 11) is 0. The molecule has 0 aromatic heterocycles. The van der Waals surface area contributed by atoms with E-state index in [-0.39, 0.29) is 24.2 Å². The minimum absolute atomic E-state index is 0.0740. The van der Waals surface area contributed by atoms with Crippen LogP contribution in [0.2, 0.25) is 0 Å². The van der Waals surface area contributed by atoms with Gasteiger partial charge in [0.05, 0.1) is 11.3 Å². The molecule has 9 heteroatoms. The highest BCUT2D eigenvalue weighted by molar-refractivity contribution is 5.91. The van der Waals surface area contributed by atoms with Gasteiger partial charge in [-0.15, -0.1) is 0 Å². The number of amides is 1. The number of carboxylic acids is 1. The van der Waals surface area contributed by atoms with Gasteiger partial charge in [0.1, 0.15) is 11.8 Å². The summed E-state index contributed by atoms with van der Waals surface area (Å²) in [6.07, 6.45) is 1.23. The number of rotatable bonds is 10. The molecular formula is C23H28N4O5. The lowest BCUT2D eigenvalue weighted by molar-refractivity contribution is -0.143. The van der Waals surface area contributed by atoms with E-state index in [2.05, 4.69) is 10.3 Å². The van der Waals surface area contributed by atoms with E-state index in [0.29, 0.717) is 29.8 Å². The summed E-state index contributed by atoms with van der Waals surface area (Å²) in [4.78, 5) is 39.6. The summed E-state index contributed by atoms with van der Waals surface area (Å²) >= 11 is 0. The van der Waals surface area contributed by atoms with Crippen LogP contribution in [0.3, 0.4) is 0 Å². The van der Waals surface area contributed by atoms with Gasteiger partial charge in [0.2, 0.25) is 5.91 Å². The molecule has 2 rings (SSSR count). The molecule has 6 N–H and O–H groups in total. The van der Waals surface area contributed by atoms with Crippen molar-refractivity contribution in [3.63, 3.8) is 0 Å². The summed E-state index contributed by atoms with van der Waals surface area (Å²) in [5.41, 5.74) is 12.4. The molecule has 0 aliphatic rings. The number of hydrogen-bond donors (Lipinski definition) is 4. The van der Waals surface area contributed by atoms with Crippen molar-refractivity contribution in [2.45, 2.75) is 39.2 Å². The van der Waals surface area contributed by atoms with Crippen LogP contribution in [0.25, 0.3) is 0 Å². The number of carbonyl (C=O) groups excluding carboxylic acids is 2. The number of nitrogens with zero attached hydrogens (tertiary/aromatic N) is 1. The van der Waals surface area contributed by atoms with E-state index in [1.807, 2.05) is 6.92 Å². The van der Waals surface area contributed by atoms with Crippen LogP contribution in [0.5, 0.6) is 5.75 Å². The molecule has 170 valence electrons. The zero-order valence-corrected chi connectivity index (χ0v) is 18.1. The van der Waals surface area contributed by atoms with Crippen molar-refractivity contribution in [2.75, 3.05) is 0 Å². The van der Waals surface area contributed by atoms with Crippen LogP contribution < -0.4 is 21.5 Å². The molecule has 2 aromatic carbocycles. The van der Waals surface area contributed by atoms with Gasteiger partial charge < -0.3 is 26.6 Å². The SMILES string of the molecule is CC[C@H](C)[C@H](NC(=O)CCc1ccc(OC(=O)c2ccc(N=C(N)N)cc2)cc1)C(=O)O. The molecule has 2 atom stereocenters. The third-order valence-corrected chi connectivity index (χ3v) is 4.93. The first-order chi connectivity index (χ1) is 15.2. The molecule has 0 saturated heterocycles. The summed E-state index contributed by atoms with van der Waals surface area (Å²) < 4.78 is 5.35. The molecular weight excluding hydrogens is 412 g/mol. The summed E-state index contributed by atoms with van der Waals surface area (Å²) in [5.74, 6) is -1.76. The average molecular weight is 441 g/mol. The van der Waals surface area contributed by atoms with E-state index in [9.17, 15) is 19.5 Å². The Morgan fingerprint density at radius 1 is 1.06 bits per heavy atom. The number of nitrogens with two attached hydrogens (primary N) is 2. The predicted octanol–water partition coefficient (Wildman–Crippen LogP) is 2.36. The number of aryl methyl sites for hydroxylation is 1. The number of esters is 1. The van der Waals surface area contributed by atoms with Crippen molar-refractivity contribution in [1.29, 1.82) is 0 Å². The molecule has 32 heavy (non-hydrogen) atoms. The highest BCUT2D eigenvalue weighted by Gasteiger charge is 2.24. The summed E-state index contributed by atoms with van der Waals surface area (Å²) in [5, 5.41) is 11.8. The molecule has 0 saturated carbocycles. The van der Waals surface area contributed by atoms with E-state index in [4.69, 9.17) is 16.2 Å². The molecule has 0 aliphatic carbocycles. The second-order valence-electron chi connectivity index (χ2n) is 7.39. The van der Waals surface area contributed by atoms with E-state index in [0.717, 1.165) is 5.56 Å². The van der Waals surface area contributed by atoms with E-state index < -0.39 is 18.0 Å². The second kappa shape index (κ2) is 11.5. The average Bonchev–Trinajstić information content (AvgIpc) is 2.76. The van der Waals surface area contributed by atoms with Crippen LogP contribution >= 0.6 is 0 Å². The normalized spacial score (nSPS) is 12.3. The Bertz CT molecular complexity index is 967. The fourth-order valence-electron chi connectivity index (χ4n) is 2.90. The minimum atomic E-state index is -1.04. The van der Waals surface area contributed by atoms with Crippen LogP contribution in [0.15, 0.2) is 53.5 Å². The first kappa shape index (κ1) is 24.4. The van der Waals surface area contributed by atoms with Gasteiger partial charge in [-0.05, 0) is 54.3 Å². The number of aliphatic imine (C=N–C) groups is 1. The molecule has 2 aromatic rings. The Morgan fingerprint density at radius 2 is 1.69 bits per heavy atom. The Hall–Kier alpha value is -3.88. The zero-order chi connectivity index (χ0) is 23.7. The van der Waals surface area contributed by atoms with Gasteiger partial charge in [0.15, 0.2) is 5.96 Å². The van der Waals surface area contributed by atoms with Gasteiger partial charge >= 0.3 is 11.9 Å². The zero-order valence-electron chi connectivity index (χ0n) is 18.1. The first-order valence-electron chi connectivity index (χ1n) is 10.2. The monoisotopic (exact) mass is 440 g/mol. The lowest BCUT2D eigenvalue weighted by Crippen LogP contribution is -2.45. The number of benzene rings is 2. The number of hydrogen-bond acceptors (Lipinski definition) is 5. The molecule has 0 heterocycles. The molecule has 9 nitrogen and oxygen atoms in total. The van der Waals surface area contributed by atoms with Crippen molar-refractivity contribution in [2.24, 2.45) is 22.4 Å². The third-order valence-electron chi connectivity index (χ3n) is 4.93. The summed E-state index contributed by atoms with van der Waals surface area (Å²) in [6.45, 7) is 3.67. The smallest absolute Gasteiger partial charge is 0.343 e. The van der Waals surface area contributed by atoms with Crippen molar-refractivity contribution in [3.8, 4) is 5.75 Å². The number of carboxylic acid groups (broad SMARTS) is 1. The van der Waals surface area contributed by atoms with Crippen molar-refractivity contribution in [1.82, 2.24) is 5.32 Å². The molecule has 0 aliphatic heterocycles. The van der Waals surface area contributed by atoms with Crippen LogP contribution in [-0.2, 0) is 16.0 Å². The highest BCUT2D eigenvalue weighted by Crippen LogP contribution is 2.18. The van der Waals surface area contributed by atoms with E-state index in [1.165, 1.54) is 0 Å². The Kier molecular flexibility index (Phi) is 8.76. The predicted molar refractivity (Wildman–Crippen MR) is 121 cm³/mol. The Balaban J connectivity index is 1.88. The van der Waals surface area contributed by atoms with E-state index >= 15 is 0 Å². The van der Waals surface area contributed by atoms with Crippen LogP contribution in [-0.4, -0.2) is 35.0 Å². The fraction of sp³-hybridized carbons (Fsp3) is 0.304. The molecule has 0 bridgehead atoms. The first-order valence-corrected chi connectivity index (χ1v) is 10.2. The number of guanidine groups is 1. The quantitative estimate of drug-likeness (QED) is 0.191. The topological polar surface area (TPSA) is 157 Å². The van der Waals surface area contributed by atoms with Crippen LogP contribution in [0.1, 0.15) is 42.6 Å². The molecule has 0 spiro atoms. The lowest BCUT2D eigenvalue weighted by Gasteiger charge is -2.20. The fourth-order valence-corrected chi connectivity index (χ4v) is 2.90. The maximum absolute atomic E-state index is 12.3. The van der Waals surface area contributed by atoms with Crippen LogP contribution in [0, 0.1) is 5.92 Å². The molecule has 0 unspecified atom stereocenters. The number of nitrogens with one attached hydrogen (secondary N) is 1. The minimum Gasteiger partial charge on any atom is -0.480 e. The van der Waals surface area contributed by atoms with Gasteiger partial charge in [-0.3, -0.25) is 4.79 Å². The number of ether oxygens (including phenoxy) is 1. The van der Waals surface area contributed by atoms with Crippen LogP contribution in [0.4, 0.5) is 5.69 Å². The molecule has 1 amide bonds. The highest BCUT2D eigenvalue weighted by atomic mass is 16.5. The second-order valence-corrected chi connectivity index (χ2v) is 7.39. The van der Waals surface area contributed by atoms with Gasteiger partial charge in [-0.25, -0.2) is 14.6 Å². The van der Waals surface area contributed by atoms with Crippen molar-refractivity contribution < 1.29 is 24.2 Å². The third kappa shape index (κ3) is 7.42. The maximum Gasteiger partial charge on any atom is 0.343 e. The van der Waals surface area contributed by atoms with E-state index in [1.54, 1.807) is 55.5 Å². The van der Waals surface area contributed by atoms with Gasteiger partial charge in [-0.2, -0.15) is 0 Å². The Morgan fingerprint density at radius 3 is 2.22 bits per heavy atom. The van der Waals surface area contributed by atoms with Crippen molar-refractivity contribution in [3.05, 3.63) is 59.7 Å². The van der Waals surface area contributed by atoms with Gasteiger partial charge in [-0.1, -0.05) is 32.4 Å². The van der Waals surface area contributed by atoms with Gasteiger partial charge in [0, 0.05) is 6.42 Å². The Labute approximate surface area is 186 Å². The maximum atomic E-state index is 12.3. The largest absolute Gasteiger partial charge is 0.480 e. The van der Waals surface area contributed by atoms with Gasteiger partial charge in [0.25, 0.3) is 0 Å². The standard InChI is InChI=1S/C23H28N4O5/c1-3-14(2)20(21(29)30)27-19(28)13-6-15-4-11-18(12-5-15)32-22(31)16-7-9-17(10-8-16)26-23(24)25/h4-5,7-12,14,20H,3,6,13H2,1-2H3,(H,27,28)(H,29,30)(H4,24,25,26)/t14-,20-/m0/s1. The molecule has 0 radical (unpaired) electrons. The van der Waals surface area contributed by atoms with Crippen molar-refractivity contribution >= 4 is 29.5 Å².